The molecule has 1 aliphatic rings. The third-order valence-corrected chi connectivity index (χ3v) is 2.33. The average Bonchev–Trinajstić information content (AvgIpc) is 2.51. The van der Waals surface area contributed by atoms with Gasteiger partial charge in [-0.3, -0.25) is 4.99 Å². The zero-order chi connectivity index (χ0) is 10.1. The van der Waals surface area contributed by atoms with Gasteiger partial charge in [0.2, 0.25) is 0 Å². The van der Waals surface area contributed by atoms with Gasteiger partial charge in [-0.15, -0.1) is 0 Å². The minimum Gasteiger partial charge on any atom is -0.365 e. The van der Waals surface area contributed by atoms with Crippen LogP contribution in [0.5, 0.6) is 0 Å². The highest BCUT2D eigenvalue weighted by Crippen LogP contribution is 2.16. The van der Waals surface area contributed by atoms with Crippen LogP contribution in [0.3, 0.4) is 0 Å². The Morgan fingerprint density at radius 3 is 2.93 bits per heavy atom. The molecule has 1 aliphatic heterocycles. The second kappa shape index (κ2) is 3.58. The molecule has 1 atom stereocenters. The number of nitrogens with zero attached hydrogens (tertiary/aromatic N) is 1. The van der Waals surface area contributed by atoms with Gasteiger partial charge in [0.15, 0.2) is 0 Å². The van der Waals surface area contributed by atoms with Crippen LogP contribution in [0.15, 0.2) is 23.2 Å². The molecule has 1 heterocycles. The fourth-order valence-corrected chi connectivity index (χ4v) is 1.56. The molecule has 2 nitrogen and oxygen atoms in total. The molecule has 4 heteroatoms. The Balaban J connectivity index is 2.33. The van der Waals surface area contributed by atoms with Crippen molar-refractivity contribution in [1.29, 1.82) is 0 Å². The number of hydrogen-bond donors (Lipinski definition) is 1. The molecule has 0 amide bonds. The lowest BCUT2D eigenvalue weighted by Gasteiger charge is -2.06. The third kappa shape index (κ3) is 1.73. The second-order valence-corrected chi connectivity index (χ2v) is 3.80. The molecule has 1 unspecified atom stereocenters. The zero-order valence-electron chi connectivity index (χ0n) is 7.72. The largest absolute Gasteiger partial charge is 0.365 e. The minimum atomic E-state index is -0.335. The fourth-order valence-electron chi connectivity index (χ4n) is 1.40. The Kier molecular flexibility index (Phi) is 2.42. The van der Waals surface area contributed by atoms with Crippen LogP contribution in [-0.2, 0) is 0 Å². The Bertz CT molecular complexity index is 390. The average molecular weight is 213 g/mol. The number of nitrogens with one attached hydrogen (secondary N) is 1. The van der Waals surface area contributed by atoms with Crippen LogP contribution in [-0.4, -0.2) is 18.4 Å². The fraction of sp³-hybridized carbons (Fsp3) is 0.300. The second-order valence-electron chi connectivity index (χ2n) is 3.36. The van der Waals surface area contributed by atoms with E-state index in [0.717, 1.165) is 0 Å². The van der Waals surface area contributed by atoms with E-state index in [0.29, 0.717) is 23.0 Å². The molecule has 1 aromatic rings. The van der Waals surface area contributed by atoms with Gasteiger partial charge in [0, 0.05) is 11.1 Å². The van der Waals surface area contributed by atoms with Crippen molar-refractivity contribution in [3.8, 4) is 0 Å². The summed E-state index contributed by atoms with van der Waals surface area (Å²) in [6.45, 7) is 2.70. The van der Waals surface area contributed by atoms with Crippen molar-refractivity contribution in [3.63, 3.8) is 0 Å². The molecule has 0 radical (unpaired) electrons. The van der Waals surface area contributed by atoms with Gasteiger partial charge in [-0.25, -0.2) is 4.39 Å². The van der Waals surface area contributed by atoms with Gasteiger partial charge >= 0.3 is 0 Å². The van der Waals surface area contributed by atoms with Crippen molar-refractivity contribution < 1.29 is 4.39 Å². The summed E-state index contributed by atoms with van der Waals surface area (Å²) >= 11 is 5.65. The molecule has 1 N–H and O–H groups in total. The molecule has 14 heavy (non-hydrogen) atoms. The monoisotopic (exact) mass is 212 g/mol. The highest BCUT2D eigenvalue weighted by atomic mass is 35.5. The number of aliphatic imine (C=N–C) groups is 1. The summed E-state index contributed by atoms with van der Waals surface area (Å²) in [6, 6.07) is 4.87. The Hall–Kier alpha value is -1.09. The smallest absolute Gasteiger partial charge is 0.135 e. The zero-order valence-corrected chi connectivity index (χ0v) is 8.48. The molecular weight excluding hydrogens is 203 g/mol. The van der Waals surface area contributed by atoms with Crippen molar-refractivity contribution in [2.45, 2.75) is 13.0 Å². The maximum atomic E-state index is 13.4. The summed E-state index contributed by atoms with van der Waals surface area (Å²) in [7, 11) is 0. The van der Waals surface area contributed by atoms with Gasteiger partial charge in [-0.05, 0) is 25.1 Å². The molecule has 0 aliphatic carbocycles. The van der Waals surface area contributed by atoms with Crippen LogP contribution < -0.4 is 5.32 Å². The molecular formula is C10H10ClFN2. The number of benzene rings is 1. The quantitative estimate of drug-likeness (QED) is 0.759. The van der Waals surface area contributed by atoms with Crippen molar-refractivity contribution in [3.05, 3.63) is 34.6 Å². The van der Waals surface area contributed by atoms with E-state index in [4.69, 9.17) is 11.6 Å². The number of hydrogen-bond acceptors (Lipinski definition) is 2. The lowest BCUT2D eigenvalue weighted by Crippen LogP contribution is -2.28. The summed E-state index contributed by atoms with van der Waals surface area (Å²) in [6.07, 6.45) is 0. The van der Waals surface area contributed by atoms with Crippen LogP contribution in [0.25, 0.3) is 0 Å². The summed E-state index contributed by atoms with van der Waals surface area (Å²) in [5.41, 5.74) is 0.485. The molecule has 0 spiro atoms. The van der Waals surface area contributed by atoms with Gasteiger partial charge in [-0.2, -0.15) is 0 Å². The van der Waals surface area contributed by atoms with E-state index >= 15 is 0 Å². The lowest BCUT2D eigenvalue weighted by atomic mass is 10.2. The Morgan fingerprint density at radius 1 is 1.57 bits per heavy atom. The molecule has 0 bridgehead atoms. The van der Waals surface area contributed by atoms with E-state index < -0.39 is 0 Å². The summed E-state index contributed by atoms with van der Waals surface area (Å²) < 4.78 is 13.4. The molecule has 2 rings (SSSR count). The van der Waals surface area contributed by atoms with Crippen LogP contribution in [0, 0.1) is 5.82 Å². The molecule has 74 valence electrons. The normalized spacial score (nSPS) is 20.5. The van der Waals surface area contributed by atoms with Gasteiger partial charge in [-0.1, -0.05) is 11.6 Å². The summed E-state index contributed by atoms with van der Waals surface area (Å²) in [5.74, 6) is 0.282. The maximum Gasteiger partial charge on any atom is 0.135 e. The molecule has 0 saturated heterocycles. The SMILES string of the molecule is CC1CN=C(c2ccc(Cl)cc2F)N1. The van der Waals surface area contributed by atoms with Crippen molar-refractivity contribution >= 4 is 17.4 Å². The van der Waals surface area contributed by atoms with E-state index in [-0.39, 0.29) is 11.9 Å². The predicted octanol–water partition coefficient (Wildman–Crippen LogP) is 2.22. The van der Waals surface area contributed by atoms with E-state index in [1.165, 1.54) is 6.07 Å². The molecule has 0 fully saturated rings. The first-order valence-corrected chi connectivity index (χ1v) is 4.81. The van der Waals surface area contributed by atoms with Crippen LogP contribution in [0.2, 0.25) is 5.02 Å². The highest BCUT2D eigenvalue weighted by Gasteiger charge is 2.17. The number of rotatable bonds is 1. The summed E-state index contributed by atoms with van der Waals surface area (Å²) in [4.78, 5) is 4.20. The van der Waals surface area contributed by atoms with Crippen molar-refractivity contribution in [1.82, 2.24) is 5.32 Å². The van der Waals surface area contributed by atoms with Gasteiger partial charge in [0.25, 0.3) is 0 Å². The van der Waals surface area contributed by atoms with Gasteiger partial charge < -0.3 is 5.32 Å². The first kappa shape index (κ1) is 9.46. The van der Waals surface area contributed by atoms with Crippen molar-refractivity contribution in [2.24, 2.45) is 4.99 Å². The van der Waals surface area contributed by atoms with E-state index in [1.807, 2.05) is 6.92 Å². The first-order chi connectivity index (χ1) is 6.66. The maximum absolute atomic E-state index is 13.4. The highest BCUT2D eigenvalue weighted by molar-refractivity contribution is 6.30. The Morgan fingerprint density at radius 2 is 2.36 bits per heavy atom. The van der Waals surface area contributed by atoms with Gasteiger partial charge in [0.05, 0.1) is 12.1 Å². The topological polar surface area (TPSA) is 24.4 Å². The van der Waals surface area contributed by atoms with Gasteiger partial charge in [0.1, 0.15) is 11.7 Å². The lowest BCUT2D eigenvalue weighted by molar-refractivity contribution is 0.624. The molecule has 0 saturated carbocycles. The van der Waals surface area contributed by atoms with Crippen LogP contribution in [0.4, 0.5) is 4.39 Å². The minimum absolute atomic E-state index is 0.278. The molecule has 1 aromatic carbocycles. The standard InChI is InChI=1S/C10H10ClFN2/c1-6-5-13-10(14-6)8-3-2-7(11)4-9(8)12/h2-4,6H,5H2,1H3,(H,13,14). The van der Waals surface area contributed by atoms with Crippen LogP contribution in [0.1, 0.15) is 12.5 Å². The Labute approximate surface area is 86.8 Å². The van der Waals surface area contributed by atoms with E-state index in [1.54, 1.807) is 12.1 Å². The predicted molar refractivity (Wildman–Crippen MR) is 55.4 cm³/mol. The first-order valence-electron chi connectivity index (χ1n) is 4.43. The third-order valence-electron chi connectivity index (χ3n) is 2.09. The molecule has 0 aromatic heterocycles. The number of amidine groups is 1. The van der Waals surface area contributed by atoms with E-state index in [9.17, 15) is 4.39 Å². The van der Waals surface area contributed by atoms with E-state index in [2.05, 4.69) is 10.3 Å². The van der Waals surface area contributed by atoms with Crippen molar-refractivity contribution in [2.75, 3.05) is 6.54 Å². The van der Waals surface area contributed by atoms with Crippen LogP contribution >= 0.6 is 11.6 Å². The summed E-state index contributed by atoms with van der Waals surface area (Å²) in [5, 5.41) is 3.50. The number of halogens is 2.